The van der Waals surface area contributed by atoms with E-state index in [0.29, 0.717) is 17.0 Å². The van der Waals surface area contributed by atoms with E-state index in [-0.39, 0.29) is 18.4 Å². The van der Waals surface area contributed by atoms with Crippen molar-refractivity contribution in [3.8, 4) is 5.75 Å². The van der Waals surface area contributed by atoms with Crippen molar-refractivity contribution in [3.05, 3.63) is 95.8 Å². The van der Waals surface area contributed by atoms with E-state index in [1.165, 1.54) is 23.1 Å². The number of hydrogen-bond acceptors (Lipinski definition) is 3. The van der Waals surface area contributed by atoms with Crippen molar-refractivity contribution in [2.45, 2.75) is 19.1 Å². The molecule has 3 aromatic rings. The smallest absolute Gasteiger partial charge is 0.264 e. The lowest BCUT2D eigenvalue weighted by Crippen LogP contribution is -2.45. The first-order valence-corrected chi connectivity index (χ1v) is 9.69. The summed E-state index contributed by atoms with van der Waals surface area (Å²) in [6, 6.07) is 21.8. The molecule has 2 amide bonds. The van der Waals surface area contributed by atoms with E-state index in [4.69, 9.17) is 4.74 Å². The molecule has 0 aliphatic carbocycles. The first kappa shape index (κ1) is 19.6. The van der Waals surface area contributed by atoms with Crippen molar-refractivity contribution in [2.75, 3.05) is 11.9 Å². The molecule has 5 nitrogen and oxygen atoms in total. The Morgan fingerprint density at radius 1 is 1.07 bits per heavy atom. The van der Waals surface area contributed by atoms with Crippen LogP contribution in [-0.4, -0.2) is 29.4 Å². The molecule has 0 bridgehead atoms. The summed E-state index contributed by atoms with van der Waals surface area (Å²) in [7, 11) is 0. The quantitative estimate of drug-likeness (QED) is 0.710. The van der Waals surface area contributed by atoms with Crippen molar-refractivity contribution >= 4 is 17.5 Å². The van der Waals surface area contributed by atoms with E-state index >= 15 is 0 Å². The van der Waals surface area contributed by atoms with Crippen LogP contribution in [0.4, 0.5) is 10.1 Å². The van der Waals surface area contributed by atoms with Gasteiger partial charge in [0.25, 0.3) is 5.91 Å². The molecule has 2 atom stereocenters. The van der Waals surface area contributed by atoms with Crippen LogP contribution in [0.1, 0.15) is 24.1 Å². The number of carbonyl (C=O) groups excluding carboxylic acids is 2. The summed E-state index contributed by atoms with van der Waals surface area (Å²) in [5, 5.41) is 2.78. The Hall–Kier alpha value is -3.67. The van der Waals surface area contributed by atoms with E-state index < -0.39 is 18.0 Å². The summed E-state index contributed by atoms with van der Waals surface area (Å²) < 4.78 is 20.0. The van der Waals surface area contributed by atoms with Crippen LogP contribution in [0.25, 0.3) is 0 Å². The fraction of sp³-hybridized carbons (Fsp3) is 0.167. The average Bonchev–Trinajstić information content (AvgIpc) is 2.90. The summed E-state index contributed by atoms with van der Waals surface area (Å²) in [5.41, 5.74) is 1.79. The lowest BCUT2D eigenvalue weighted by Gasteiger charge is -2.32. The molecule has 152 valence electrons. The largest absolute Gasteiger partial charge is 0.481 e. The number of anilines is 1. The molecule has 0 fully saturated rings. The van der Waals surface area contributed by atoms with Gasteiger partial charge in [0, 0.05) is 11.3 Å². The fourth-order valence-corrected chi connectivity index (χ4v) is 3.66. The van der Waals surface area contributed by atoms with E-state index in [1.807, 2.05) is 48.5 Å². The van der Waals surface area contributed by atoms with Crippen LogP contribution in [0.5, 0.6) is 5.75 Å². The number of nitrogens with zero attached hydrogens (tertiary/aromatic N) is 1. The van der Waals surface area contributed by atoms with Crippen molar-refractivity contribution in [1.82, 2.24) is 4.90 Å². The molecule has 30 heavy (non-hydrogen) atoms. The maximum absolute atomic E-state index is 14.1. The average molecular weight is 404 g/mol. The number of halogens is 1. The number of fused-ring (bicyclic) bond motifs is 1. The standard InChI is InChI=1S/C24H21FN2O3/c1-16(30-19-10-6-3-7-11-19)24(29)27-15-22(28)26-21-13-12-18(25)14-20(21)23(27)17-8-4-2-5-9-17/h2-14,16,23H,15H2,1H3,(H,26,28)/t16-,23+/m1/s1. The molecule has 1 heterocycles. The fourth-order valence-electron chi connectivity index (χ4n) is 3.66. The second-order valence-corrected chi connectivity index (χ2v) is 7.13. The van der Waals surface area contributed by atoms with Gasteiger partial charge in [0.1, 0.15) is 18.1 Å². The second kappa shape index (κ2) is 8.37. The van der Waals surface area contributed by atoms with E-state index in [1.54, 1.807) is 19.1 Å². The number of benzene rings is 3. The van der Waals surface area contributed by atoms with Gasteiger partial charge in [0.2, 0.25) is 5.91 Å². The molecule has 0 aromatic heterocycles. The van der Waals surface area contributed by atoms with Gasteiger partial charge in [-0.2, -0.15) is 0 Å². The van der Waals surface area contributed by atoms with Gasteiger partial charge in [0.05, 0.1) is 6.04 Å². The van der Waals surface area contributed by atoms with Crippen molar-refractivity contribution in [1.29, 1.82) is 0 Å². The first-order valence-electron chi connectivity index (χ1n) is 9.69. The van der Waals surface area contributed by atoms with Crippen LogP contribution in [0.15, 0.2) is 78.9 Å². The van der Waals surface area contributed by atoms with Crippen LogP contribution in [-0.2, 0) is 9.59 Å². The third-order valence-corrected chi connectivity index (χ3v) is 5.01. The molecule has 1 aliphatic rings. The third-order valence-electron chi connectivity index (χ3n) is 5.01. The zero-order valence-corrected chi connectivity index (χ0v) is 16.4. The molecular weight excluding hydrogens is 383 g/mol. The highest BCUT2D eigenvalue weighted by Crippen LogP contribution is 2.36. The molecule has 3 aromatic carbocycles. The molecule has 0 radical (unpaired) electrons. The highest BCUT2D eigenvalue weighted by Gasteiger charge is 2.36. The molecule has 1 aliphatic heterocycles. The first-order chi connectivity index (χ1) is 14.5. The molecular formula is C24H21FN2O3. The maximum Gasteiger partial charge on any atom is 0.264 e. The number of nitrogens with one attached hydrogen (secondary N) is 1. The van der Waals surface area contributed by atoms with E-state index in [2.05, 4.69) is 5.32 Å². The van der Waals surface area contributed by atoms with Gasteiger partial charge >= 0.3 is 0 Å². The number of carbonyl (C=O) groups is 2. The Kier molecular flexibility index (Phi) is 5.48. The van der Waals surface area contributed by atoms with Crippen LogP contribution in [0.2, 0.25) is 0 Å². The van der Waals surface area contributed by atoms with Gasteiger partial charge in [0.15, 0.2) is 6.10 Å². The van der Waals surface area contributed by atoms with Gasteiger partial charge in [-0.15, -0.1) is 0 Å². The van der Waals surface area contributed by atoms with Crippen LogP contribution < -0.4 is 10.1 Å². The molecule has 0 unspecified atom stereocenters. The van der Waals surface area contributed by atoms with Gasteiger partial charge in [-0.1, -0.05) is 48.5 Å². The number of rotatable bonds is 4. The highest BCUT2D eigenvalue weighted by molar-refractivity contribution is 5.97. The van der Waals surface area contributed by atoms with Gasteiger partial charge in [-0.05, 0) is 42.8 Å². The van der Waals surface area contributed by atoms with Crippen molar-refractivity contribution in [2.24, 2.45) is 0 Å². The van der Waals surface area contributed by atoms with Gasteiger partial charge in [-0.3, -0.25) is 9.59 Å². The monoisotopic (exact) mass is 404 g/mol. The third kappa shape index (κ3) is 4.03. The molecule has 4 rings (SSSR count). The lowest BCUT2D eigenvalue weighted by molar-refractivity contribution is -0.142. The molecule has 6 heteroatoms. The van der Waals surface area contributed by atoms with Gasteiger partial charge in [-0.25, -0.2) is 4.39 Å². The van der Waals surface area contributed by atoms with Crippen molar-refractivity contribution in [3.63, 3.8) is 0 Å². The SMILES string of the molecule is C[C@@H](Oc1ccccc1)C(=O)N1CC(=O)Nc2ccc(F)cc2[C@@H]1c1ccccc1. The molecule has 0 saturated heterocycles. The summed E-state index contributed by atoms with van der Waals surface area (Å²) in [4.78, 5) is 27.4. The van der Waals surface area contributed by atoms with Gasteiger partial charge < -0.3 is 15.0 Å². The minimum absolute atomic E-state index is 0.169. The predicted octanol–water partition coefficient (Wildman–Crippen LogP) is 4.16. The van der Waals surface area contributed by atoms with E-state index in [0.717, 1.165) is 5.56 Å². The molecule has 1 N–H and O–H groups in total. The number of hydrogen-bond donors (Lipinski definition) is 1. The Morgan fingerprint density at radius 3 is 2.43 bits per heavy atom. The van der Waals surface area contributed by atoms with Crippen LogP contribution in [0.3, 0.4) is 0 Å². The Bertz CT molecular complexity index is 1060. The van der Waals surface area contributed by atoms with Crippen LogP contribution in [0, 0.1) is 5.82 Å². The summed E-state index contributed by atoms with van der Waals surface area (Å²) in [5.74, 6) is -0.589. The minimum atomic E-state index is -0.832. The zero-order valence-electron chi connectivity index (χ0n) is 16.4. The summed E-state index contributed by atoms with van der Waals surface area (Å²) >= 11 is 0. The Balaban J connectivity index is 1.75. The second-order valence-electron chi connectivity index (χ2n) is 7.13. The molecule has 0 saturated carbocycles. The summed E-state index contributed by atoms with van der Waals surface area (Å²) in [6.45, 7) is 1.48. The zero-order chi connectivity index (χ0) is 21.1. The van der Waals surface area contributed by atoms with Crippen LogP contribution >= 0.6 is 0 Å². The topological polar surface area (TPSA) is 58.6 Å². The summed E-state index contributed by atoms with van der Waals surface area (Å²) in [6.07, 6.45) is -0.832. The Labute approximate surface area is 174 Å². The highest BCUT2D eigenvalue weighted by atomic mass is 19.1. The number of ether oxygens (including phenoxy) is 1. The number of amides is 2. The predicted molar refractivity (Wildman–Crippen MR) is 112 cm³/mol. The lowest BCUT2D eigenvalue weighted by atomic mass is 9.95. The van der Waals surface area contributed by atoms with Crippen molar-refractivity contribution < 1.29 is 18.7 Å². The minimum Gasteiger partial charge on any atom is -0.481 e. The number of para-hydroxylation sites is 1. The Morgan fingerprint density at radius 2 is 1.73 bits per heavy atom. The molecule has 0 spiro atoms. The maximum atomic E-state index is 14.1. The van der Waals surface area contributed by atoms with E-state index in [9.17, 15) is 14.0 Å². The normalized spacial score (nSPS) is 16.8.